The Kier molecular flexibility index (Phi) is 5.15. The third-order valence-electron chi connectivity index (χ3n) is 5.00. The number of hydrogen-bond acceptors (Lipinski definition) is 3. The minimum Gasteiger partial charge on any atom is -0.444 e. The summed E-state index contributed by atoms with van der Waals surface area (Å²) in [6, 6.07) is 3.79. The number of fused-ring (bicyclic) bond motifs is 1. The number of benzene rings is 1. The lowest BCUT2D eigenvalue weighted by molar-refractivity contribution is -0.121. The Bertz CT molecular complexity index is 719. The van der Waals surface area contributed by atoms with Gasteiger partial charge in [-0.2, -0.15) is 0 Å². The third-order valence-corrected chi connectivity index (χ3v) is 5.29. The van der Waals surface area contributed by atoms with Crippen molar-refractivity contribution in [2.75, 3.05) is 11.9 Å². The van der Waals surface area contributed by atoms with Gasteiger partial charge >= 0.3 is 6.09 Å². The van der Waals surface area contributed by atoms with Crippen molar-refractivity contribution in [1.29, 1.82) is 0 Å². The van der Waals surface area contributed by atoms with E-state index < -0.39 is 29.5 Å². The number of likely N-dealkylation sites (tertiary alicyclic amines) is 1. The SMILES string of the molecule is CC(C)(C)OC(=O)N1C[C@@H]2CCC[C@@H]2[C@H]1C(=O)Nc1cccc(Cl)c1F. The normalized spacial score (nSPS) is 25.1. The maximum absolute atomic E-state index is 14.1. The van der Waals surface area contributed by atoms with Crippen LogP contribution < -0.4 is 5.32 Å². The van der Waals surface area contributed by atoms with Gasteiger partial charge in [-0.3, -0.25) is 9.69 Å². The Balaban J connectivity index is 1.82. The van der Waals surface area contributed by atoms with Crippen LogP contribution in [0.5, 0.6) is 0 Å². The van der Waals surface area contributed by atoms with E-state index in [1.54, 1.807) is 26.8 Å². The van der Waals surface area contributed by atoms with Crippen LogP contribution in [0.25, 0.3) is 0 Å². The van der Waals surface area contributed by atoms with Gasteiger partial charge in [0.05, 0.1) is 10.7 Å². The molecule has 1 saturated heterocycles. The Morgan fingerprint density at radius 1 is 1.31 bits per heavy atom. The van der Waals surface area contributed by atoms with Crippen molar-refractivity contribution < 1.29 is 18.7 Å². The van der Waals surface area contributed by atoms with Crippen molar-refractivity contribution in [1.82, 2.24) is 4.90 Å². The maximum atomic E-state index is 14.1. The highest BCUT2D eigenvalue weighted by atomic mass is 35.5. The molecule has 142 valence electrons. The van der Waals surface area contributed by atoms with Crippen molar-refractivity contribution in [3.63, 3.8) is 0 Å². The lowest BCUT2D eigenvalue weighted by atomic mass is 9.93. The standard InChI is InChI=1S/C19H24ClFN2O3/c1-19(2,3)26-18(25)23-10-11-6-4-7-12(11)16(23)17(24)22-14-9-5-8-13(20)15(14)21/h5,8-9,11-12,16H,4,6-7,10H2,1-3H3,(H,22,24)/t11-,12-,16-/m0/s1. The molecule has 3 rings (SSSR count). The average Bonchev–Trinajstić information content (AvgIpc) is 3.10. The summed E-state index contributed by atoms with van der Waals surface area (Å²) in [5.74, 6) is -0.717. The summed E-state index contributed by atoms with van der Waals surface area (Å²) >= 11 is 5.79. The number of ether oxygens (including phenoxy) is 1. The van der Waals surface area contributed by atoms with Gasteiger partial charge in [0.15, 0.2) is 5.82 Å². The predicted octanol–water partition coefficient (Wildman–Crippen LogP) is 4.45. The van der Waals surface area contributed by atoms with E-state index in [9.17, 15) is 14.0 Å². The lowest BCUT2D eigenvalue weighted by Gasteiger charge is -2.29. The first-order valence-electron chi connectivity index (χ1n) is 8.92. The van der Waals surface area contributed by atoms with Crippen LogP contribution >= 0.6 is 11.6 Å². The van der Waals surface area contributed by atoms with E-state index in [1.807, 2.05) is 0 Å². The number of halogens is 2. The van der Waals surface area contributed by atoms with E-state index in [2.05, 4.69) is 5.32 Å². The van der Waals surface area contributed by atoms with Gasteiger partial charge in [0, 0.05) is 6.54 Å². The van der Waals surface area contributed by atoms with Gasteiger partial charge < -0.3 is 10.1 Å². The number of nitrogens with zero attached hydrogens (tertiary/aromatic N) is 1. The van der Waals surface area contributed by atoms with E-state index in [0.29, 0.717) is 6.54 Å². The van der Waals surface area contributed by atoms with Gasteiger partial charge in [0.2, 0.25) is 5.91 Å². The summed E-state index contributed by atoms with van der Waals surface area (Å²) < 4.78 is 19.6. The summed E-state index contributed by atoms with van der Waals surface area (Å²) in [5, 5.41) is 2.55. The molecular weight excluding hydrogens is 359 g/mol. The molecule has 1 saturated carbocycles. The highest BCUT2D eigenvalue weighted by Gasteiger charge is 2.50. The molecule has 5 nitrogen and oxygen atoms in total. The first kappa shape index (κ1) is 19.0. The average molecular weight is 383 g/mol. The number of carbonyl (C=O) groups is 2. The second-order valence-corrected chi connectivity index (χ2v) is 8.43. The number of rotatable bonds is 2. The van der Waals surface area contributed by atoms with E-state index >= 15 is 0 Å². The van der Waals surface area contributed by atoms with Crippen LogP contribution in [0.3, 0.4) is 0 Å². The number of anilines is 1. The first-order chi connectivity index (χ1) is 12.2. The van der Waals surface area contributed by atoms with E-state index in [-0.39, 0.29) is 22.5 Å². The molecule has 7 heteroatoms. The number of amides is 2. The Labute approximate surface area is 157 Å². The second-order valence-electron chi connectivity index (χ2n) is 8.02. The quantitative estimate of drug-likeness (QED) is 0.821. The molecule has 1 heterocycles. The van der Waals surface area contributed by atoms with Crippen LogP contribution in [0.1, 0.15) is 40.0 Å². The summed E-state index contributed by atoms with van der Waals surface area (Å²) in [6.07, 6.45) is 2.39. The molecule has 1 aliphatic heterocycles. The first-order valence-corrected chi connectivity index (χ1v) is 9.29. The molecule has 0 radical (unpaired) electrons. The predicted molar refractivity (Wildman–Crippen MR) is 97.6 cm³/mol. The van der Waals surface area contributed by atoms with Crippen LogP contribution in [0.15, 0.2) is 18.2 Å². The van der Waals surface area contributed by atoms with Gasteiger partial charge in [0.25, 0.3) is 0 Å². The maximum Gasteiger partial charge on any atom is 0.410 e. The third kappa shape index (κ3) is 3.80. The molecule has 3 atom stereocenters. The molecule has 0 aromatic heterocycles. The van der Waals surface area contributed by atoms with E-state index in [1.165, 1.54) is 17.0 Å². The van der Waals surface area contributed by atoms with Gasteiger partial charge in [-0.25, -0.2) is 9.18 Å². The van der Waals surface area contributed by atoms with Crippen LogP contribution in [0.2, 0.25) is 5.02 Å². The second kappa shape index (κ2) is 7.06. The van der Waals surface area contributed by atoms with Crippen molar-refractivity contribution in [3.8, 4) is 0 Å². The molecule has 26 heavy (non-hydrogen) atoms. The molecule has 1 aromatic carbocycles. The Hall–Kier alpha value is -1.82. The highest BCUT2D eigenvalue weighted by Crippen LogP contribution is 2.43. The van der Waals surface area contributed by atoms with Crippen molar-refractivity contribution in [2.24, 2.45) is 11.8 Å². The van der Waals surface area contributed by atoms with Crippen LogP contribution in [0, 0.1) is 17.7 Å². The zero-order valence-electron chi connectivity index (χ0n) is 15.2. The van der Waals surface area contributed by atoms with E-state index in [0.717, 1.165) is 19.3 Å². The molecule has 1 N–H and O–H groups in total. The Morgan fingerprint density at radius 3 is 2.73 bits per heavy atom. The molecule has 0 spiro atoms. The van der Waals surface area contributed by atoms with Crippen molar-refractivity contribution in [2.45, 2.75) is 51.7 Å². The molecule has 1 aliphatic carbocycles. The number of nitrogens with one attached hydrogen (secondary N) is 1. The van der Waals surface area contributed by atoms with Gasteiger partial charge in [-0.05, 0) is 57.6 Å². The van der Waals surface area contributed by atoms with Gasteiger partial charge in [-0.1, -0.05) is 24.1 Å². The minimum absolute atomic E-state index is 0.0214. The van der Waals surface area contributed by atoms with Crippen LogP contribution in [-0.2, 0) is 9.53 Å². The molecule has 1 aromatic rings. The van der Waals surface area contributed by atoms with Gasteiger partial charge in [-0.15, -0.1) is 0 Å². The molecular formula is C19H24ClFN2O3. The van der Waals surface area contributed by atoms with Crippen LogP contribution in [-0.4, -0.2) is 35.1 Å². The Morgan fingerprint density at radius 2 is 2.04 bits per heavy atom. The van der Waals surface area contributed by atoms with Crippen molar-refractivity contribution >= 4 is 29.3 Å². The highest BCUT2D eigenvalue weighted by molar-refractivity contribution is 6.31. The molecule has 2 amide bonds. The molecule has 0 bridgehead atoms. The molecule has 0 unspecified atom stereocenters. The topological polar surface area (TPSA) is 58.6 Å². The molecule has 2 fully saturated rings. The monoisotopic (exact) mass is 382 g/mol. The lowest BCUT2D eigenvalue weighted by Crippen LogP contribution is -2.47. The van der Waals surface area contributed by atoms with Crippen molar-refractivity contribution in [3.05, 3.63) is 29.0 Å². The smallest absolute Gasteiger partial charge is 0.410 e. The fourth-order valence-electron chi connectivity index (χ4n) is 3.96. The largest absolute Gasteiger partial charge is 0.444 e. The summed E-state index contributed by atoms with van der Waals surface area (Å²) in [7, 11) is 0. The zero-order valence-corrected chi connectivity index (χ0v) is 16.0. The fourth-order valence-corrected chi connectivity index (χ4v) is 4.13. The summed E-state index contributed by atoms with van der Waals surface area (Å²) in [6.45, 7) is 5.87. The van der Waals surface area contributed by atoms with Crippen LogP contribution in [0.4, 0.5) is 14.9 Å². The number of carbonyl (C=O) groups excluding carboxylic acids is 2. The molecule has 2 aliphatic rings. The minimum atomic E-state index is -0.674. The fraction of sp³-hybridized carbons (Fsp3) is 0.579. The van der Waals surface area contributed by atoms with Gasteiger partial charge in [0.1, 0.15) is 11.6 Å². The summed E-state index contributed by atoms with van der Waals surface area (Å²) in [5.41, 5.74) is -0.623. The zero-order chi connectivity index (χ0) is 19.1. The van der Waals surface area contributed by atoms with E-state index in [4.69, 9.17) is 16.3 Å². The number of hydrogen-bond donors (Lipinski definition) is 1. The summed E-state index contributed by atoms with van der Waals surface area (Å²) in [4.78, 5) is 27.0.